The van der Waals surface area contributed by atoms with Gasteiger partial charge in [0.25, 0.3) is 0 Å². The monoisotopic (exact) mass is 240 g/mol. The van der Waals surface area contributed by atoms with Gasteiger partial charge in [0.1, 0.15) is 0 Å². The van der Waals surface area contributed by atoms with Crippen LogP contribution in [0.5, 0.6) is 0 Å². The molecule has 1 aliphatic carbocycles. The molecule has 2 atom stereocenters. The van der Waals surface area contributed by atoms with Gasteiger partial charge in [-0.15, -0.1) is 0 Å². The van der Waals surface area contributed by atoms with E-state index in [4.69, 9.17) is 5.73 Å². The molecule has 0 radical (unpaired) electrons. The first-order chi connectivity index (χ1) is 8.09. The molecule has 0 unspecified atom stereocenters. The molecule has 2 rings (SSSR count). The van der Waals surface area contributed by atoms with Crippen molar-refractivity contribution >= 4 is 5.91 Å². The summed E-state index contributed by atoms with van der Waals surface area (Å²) in [5, 5.41) is 9.55. The molecule has 4 heteroatoms. The highest BCUT2D eigenvalue weighted by Crippen LogP contribution is 2.47. The smallest absolute Gasteiger partial charge is 0.239 e. The van der Waals surface area contributed by atoms with E-state index in [1.54, 1.807) is 6.92 Å². The summed E-state index contributed by atoms with van der Waals surface area (Å²) >= 11 is 0. The number of hydrogen-bond donors (Lipinski definition) is 2. The average molecular weight is 240 g/mol. The van der Waals surface area contributed by atoms with E-state index in [0.717, 1.165) is 19.4 Å². The molecule has 0 aromatic carbocycles. The van der Waals surface area contributed by atoms with Crippen LogP contribution in [0.2, 0.25) is 0 Å². The van der Waals surface area contributed by atoms with Crippen molar-refractivity contribution in [2.45, 2.75) is 45.1 Å². The lowest BCUT2D eigenvalue weighted by atomic mass is 9.68. The Morgan fingerprint density at radius 2 is 2.12 bits per heavy atom. The van der Waals surface area contributed by atoms with Gasteiger partial charge < -0.3 is 15.7 Å². The van der Waals surface area contributed by atoms with Gasteiger partial charge in [0.2, 0.25) is 5.91 Å². The fourth-order valence-electron chi connectivity index (χ4n) is 3.56. The number of likely N-dealkylation sites (tertiary alicyclic amines) is 1. The molecule has 1 saturated carbocycles. The molecule has 98 valence electrons. The maximum atomic E-state index is 12.0. The number of nitrogens with two attached hydrogens (primary N) is 1. The fraction of sp³-hybridized carbons (Fsp3) is 0.923. The SMILES string of the molecule is C[C@H](N)C(=O)N1C[C@@H](CO)C2(CCCCC2)C1. The van der Waals surface area contributed by atoms with E-state index >= 15 is 0 Å². The van der Waals surface area contributed by atoms with Crippen LogP contribution < -0.4 is 5.73 Å². The summed E-state index contributed by atoms with van der Waals surface area (Å²) in [4.78, 5) is 13.8. The minimum atomic E-state index is -0.423. The topological polar surface area (TPSA) is 66.6 Å². The summed E-state index contributed by atoms with van der Waals surface area (Å²) in [5.41, 5.74) is 5.85. The highest BCUT2D eigenvalue weighted by Gasteiger charge is 2.47. The van der Waals surface area contributed by atoms with Gasteiger partial charge in [-0.1, -0.05) is 19.3 Å². The first-order valence-corrected chi connectivity index (χ1v) is 6.74. The van der Waals surface area contributed by atoms with Crippen LogP contribution in [-0.4, -0.2) is 41.7 Å². The molecule has 1 spiro atoms. The summed E-state index contributed by atoms with van der Waals surface area (Å²) in [6.07, 6.45) is 6.07. The van der Waals surface area contributed by atoms with Gasteiger partial charge in [-0.3, -0.25) is 4.79 Å². The Kier molecular flexibility index (Phi) is 3.73. The molecule has 1 aliphatic heterocycles. The average Bonchev–Trinajstić information content (AvgIpc) is 2.67. The van der Waals surface area contributed by atoms with Gasteiger partial charge >= 0.3 is 0 Å². The lowest BCUT2D eigenvalue weighted by Crippen LogP contribution is -2.42. The summed E-state index contributed by atoms with van der Waals surface area (Å²) in [5.74, 6) is 0.288. The Hall–Kier alpha value is -0.610. The zero-order chi connectivity index (χ0) is 12.5. The first-order valence-electron chi connectivity index (χ1n) is 6.74. The largest absolute Gasteiger partial charge is 0.396 e. The van der Waals surface area contributed by atoms with Crippen molar-refractivity contribution in [3.05, 3.63) is 0 Å². The molecule has 2 aliphatic rings. The van der Waals surface area contributed by atoms with Crippen LogP contribution in [0.3, 0.4) is 0 Å². The minimum Gasteiger partial charge on any atom is -0.396 e. The van der Waals surface area contributed by atoms with Gasteiger partial charge in [-0.2, -0.15) is 0 Å². The number of carbonyl (C=O) groups excluding carboxylic acids is 1. The molecule has 0 aromatic heterocycles. The van der Waals surface area contributed by atoms with Crippen molar-refractivity contribution in [2.24, 2.45) is 17.1 Å². The van der Waals surface area contributed by atoms with Crippen LogP contribution in [0, 0.1) is 11.3 Å². The number of nitrogens with zero attached hydrogens (tertiary/aromatic N) is 1. The molecule has 1 saturated heterocycles. The third kappa shape index (κ3) is 2.33. The molecular weight excluding hydrogens is 216 g/mol. The van der Waals surface area contributed by atoms with Crippen molar-refractivity contribution < 1.29 is 9.90 Å². The first kappa shape index (κ1) is 12.8. The highest BCUT2D eigenvalue weighted by atomic mass is 16.3. The van der Waals surface area contributed by atoms with Crippen LogP contribution in [0.15, 0.2) is 0 Å². The van der Waals surface area contributed by atoms with Crippen molar-refractivity contribution in [2.75, 3.05) is 19.7 Å². The van der Waals surface area contributed by atoms with Crippen LogP contribution >= 0.6 is 0 Å². The number of aliphatic hydroxyl groups excluding tert-OH is 1. The van der Waals surface area contributed by atoms with Gasteiger partial charge in [-0.25, -0.2) is 0 Å². The standard InChI is InChI=1S/C13H24N2O2/c1-10(14)12(17)15-7-11(8-16)13(9-15)5-3-2-4-6-13/h10-11,16H,2-9,14H2,1H3/t10-,11-/m0/s1. The van der Waals surface area contributed by atoms with Crippen molar-refractivity contribution in [3.63, 3.8) is 0 Å². The molecule has 4 nitrogen and oxygen atoms in total. The molecule has 2 fully saturated rings. The summed E-state index contributed by atoms with van der Waals surface area (Å²) in [7, 11) is 0. The predicted octanol–water partition coefficient (Wildman–Crippen LogP) is 0.735. The molecule has 1 amide bonds. The van der Waals surface area contributed by atoms with Crippen molar-refractivity contribution in [3.8, 4) is 0 Å². The summed E-state index contributed by atoms with van der Waals surface area (Å²) < 4.78 is 0. The molecule has 17 heavy (non-hydrogen) atoms. The van der Waals surface area contributed by atoms with Crippen molar-refractivity contribution in [1.82, 2.24) is 4.90 Å². The third-order valence-electron chi connectivity index (χ3n) is 4.58. The van der Waals surface area contributed by atoms with Crippen LogP contribution in [-0.2, 0) is 4.79 Å². The molecular formula is C13H24N2O2. The predicted molar refractivity (Wildman–Crippen MR) is 66.3 cm³/mol. The Morgan fingerprint density at radius 1 is 1.47 bits per heavy atom. The minimum absolute atomic E-state index is 0.0332. The number of rotatable bonds is 2. The van der Waals surface area contributed by atoms with E-state index in [9.17, 15) is 9.90 Å². The number of hydrogen-bond acceptors (Lipinski definition) is 3. The van der Waals surface area contributed by atoms with E-state index in [-0.39, 0.29) is 23.8 Å². The Bertz CT molecular complexity index is 285. The fourth-order valence-corrected chi connectivity index (χ4v) is 3.56. The normalized spacial score (nSPS) is 29.6. The second-order valence-electron chi connectivity index (χ2n) is 5.81. The maximum Gasteiger partial charge on any atom is 0.239 e. The van der Waals surface area contributed by atoms with E-state index in [1.807, 2.05) is 4.90 Å². The highest BCUT2D eigenvalue weighted by molar-refractivity contribution is 5.81. The second-order valence-corrected chi connectivity index (χ2v) is 5.81. The number of amides is 1. The molecule has 3 N–H and O–H groups in total. The quantitative estimate of drug-likeness (QED) is 0.748. The summed E-state index contributed by atoms with van der Waals surface area (Å²) in [6, 6.07) is -0.423. The van der Waals surface area contributed by atoms with Gasteiger partial charge in [-0.05, 0) is 25.2 Å². The van der Waals surface area contributed by atoms with Gasteiger partial charge in [0.15, 0.2) is 0 Å². The lowest BCUT2D eigenvalue weighted by molar-refractivity contribution is -0.131. The van der Waals surface area contributed by atoms with E-state index in [2.05, 4.69) is 0 Å². The van der Waals surface area contributed by atoms with Crippen LogP contribution in [0.1, 0.15) is 39.0 Å². The summed E-state index contributed by atoms with van der Waals surface area (Å²) in [6.45, 7) is 3.43. The maximum absolute atomic E-state index is 12.0. The van der Waals surface area contributed by atoms with E-state index in [1.165, 1.54) is 19.3 Å². The molecule has 1 heterocycles. The van der Waals surface area contributed by atoms with Crippen LogP contribution in [0.4, 0.5) is 0 Å². The third-order valence-corrected chi connectivity index (χ3v) is 4.58. The zero-order valence-corrected chi connectivity index (χ0v) is 10.7. The van der Waals surface area contributed by atoms with Gasteiger partial charge in [0.05, 0.1) is 6.04 Å². The molecule has 0 bridgehead atoms. The Morgan fingerprint density at radius 3 is 2.65 bits per heavy atom. The lowest BCUT2D eigenvalue weighted by Gasteiger charge is -2.37. The molecule has 0 aromatic rings. The Balaban J connectivity index is 2.10. The van der Waals surface area contributed by atoms with Gasteiger partial charge in [0, 0.05) is 25.6 Å². The van der Waals surface area contributed by atoms with Crippen LogP contribution in [0.25, 0.3) is 0 Å². The number of aliphatic hydroxyl groups is 1. The van der Waals surface area contributed by atoms with E-state index in [0.29, 0.717) is 6.54 Å². The second kappa shape index (κ2) is 4.94. The van der Waals surface area contributed by atoms with E-state index < -0.39 is 6.04 Å². The zero-order valence-electron chi connectivity index (χ0n) is 10.7. The Labute approximate surface area is 103 Å². The number of carbonyl (C=O) groups is 1. The van der Waals surface area contributed by atoms with Crippen molar-refractivity contribution in [1.29, 1.82) is 0 Å².